The van der Waals surface area contributed by atoms with Gasteiger partial charge in [0.05, 0.1) is 0 Å². The summed E-state index contributed by atoms with van der Waals surface area (Å²) < 4.78 is 5.23. The number of aliphatic hydroxyl groups is 1. The van der Waals surface area contributed by atoms with Gasteiger partial charge in [-0.2, -0.15) is 0 Å². The minimum absolute atomic E-state index is 0.00843. The average molecular weight is 285 g/mol. The Labute approximate surface area is 121 Å². The quantitative estimate of drug-likeness (QED) is 0.732. The van der Waals surface area contributed by atoms with Crippen molar-refractivity contribution < 1.29 is 19.7 Å². The minimum atomic E-state index is -1.66. The number of phenolic OH excluding ortho intramolecular Hbond substituents is 1. The molecule has 0 aliphatic carbocycles. The molecule has 0 saturated carbocycles. The van der Waals surface area contributed by atoms with Gasteiger partial charge in [-0.3, -0.25) is 4.79 Å². The second-order valence-electron chi connectivity index (χ2n) is 4.97. The van der Waals surface area contributed by atoms with Gasteiger partial charge >= 0.3 is 0 Å². The Balaban J connectivity index is 2.29. The van der Waals surface area contributed by atoms with Crippen molar-refractivity contribution in [3.63, 3.8) is 0 Å². The van der Waals surface area contributed by atoms with Crippen molar-refractivity contribution in [2.45, 2.75) is 11.7 Å². The number of nitrogens with one attached hydrogen (secondary N) is 1. The summed E-state index contributed by atoms with van der Waals surface area (Å²) in [5.41, 5.74) is -0.275. The maximum absolute atomic E-state index is 12.2. The lowest BCUT2D eigenvalue weighted by Crippen LogP contribution is -2.52. The number of methoxy groups -OCH3 is 1. The number of fused-ring (bicyclic) bond motifs is 1. The Hall–Kier alpha value is -2.37. The molecule has 3 rings (SSSR count). The molecule has 1 aliphatic rings. The van der Waals surface area contributed by atoms with E-state index < -0.39 is 17.6 Å². The SMILES string of the molecule is COC1C(=O)Nc2ccc(O)cc2C1(O)c1ccccc1. The van der Waals surface area contributed by atoms with Crippen LogP contribution in [0.25, 0.3) is 0 Å². The van der Waals surface area contributed by atoms with E-state index in [2.05, 4.69) is 5.32 Å². The van der Waals surface area contributed by atoms with Crippen LogP contribution in [0.1, 0.15) is 11.1 Å². The maximum Gasteiger partial charge on any atom is 0.257 e. The second kappa shape index (κ2) is 4.87. The third-order valence-electron chi connectivity index (χ3n) is 3.74. The zero-order valence-corrected chi connectivity index (χ0v) is 11.4. The zero-order chi connectivity index (χ0) is 15.0. The van der Waals surface area contributed by atoms with Gasteiger partial charge in [0.25, 0.3) is 5.91 Å². The van der Waals surface area contributed by atoms with E-state index in [1.807, 2.05) is 6.07 Å². The first-order chi connectivity index (χ1) is 10.1. The molecule has 1 heterocycles. The van der Waals surface area contributed by atoms with Gasteiger partial charge in [-0.05, 0) is 23.8 Å². The normalized spacial score (nSPS) is 24.3. The number of rotatable bonds is 2. The van der Waals surface area contributed by atoms with Crippen LogP contribution < -0.4 is 5.32 Å². The Morgan fingerprint density at radius 2 is 1.90 bits per heavy atom. The molecule has 5 nitrogen and oxygen atoms in total. The van der Waals surface area contributed by atoms with Crippen LogP contribution in [0.4, 0.5) is 5.69 Å². The molecule has 0 bridgehead atoms. The number of benzene rings is 2. The Bertz CT molecular complexity index is 686. The predicted octanol–water partition coefficient (Wildman–Crippen LogP) is 1.60. The monoisotopic (exact) mass is 285 g/mol. The fourth-order valence-electron chi connectivity index (χ4n) is 2.76. The van der Waals surface area contributed by atoms with Crippen molar-refractivity contribution >= 4 is 11.6 Å². The topological polar surface area (TPSA) is 78.8 Å². The summed E-state index contributed by atoms with van der Waals surface area (Å²) in [5.74, 6) is -0.420. The van der Waals surface area contributed by atoms with Crippen LogP contribution >= 0.6 is 0 Å². The molecule has 1 amide bonds. The molecule has 21 heavy (non-hydrogen) atoms. The van der Waals surface area contributed by atoms with Gasteiger partial charge in [0.1, 0.15) is 5.75 Å². The Morgan fingerprint density at radius 3 is 2.57 bits per heavy atom. The van der Waals surface area contributed by atoms with Crippen LogP contribution in [0.2, 0.25) is 0 Å². The van der Waals surface area contributed by atoms with Crippen molar-refractivity contribution in [1.29, 1.82) is 0 Å². The van der Waals surface area contributed by atoms with Crippen molar-refractivity contribution in [2.24, 2.45) is 0 Å². The molecule has 3 N–H and O–H groups in total. The van der Waals surface area contributed by atoms with Crippen LogP contribution in [-0.4, -0.2) is 29.3 Å². The van der Waals surface area contributed by atoms with Crippen LogP contribution in [0.5, 0.6) is 5.75 Å². The van der Waals surface area contributed by atoms with E-state index in [0.29, 0.717) is 16.8 Å². The number of carbonyl (C=O) groups is 1. The number of ether oxygens (including phenoxy) is 1. The lowest BCUT2D eigenvalue weighted by atomic mass is 9.78. The van der Waals surface area contributed by atoms with E-state index in [9.17, 15) is 15.0 Å². The molecule has 0 radical (unpaired) electrons. The molecule has 2 atom stereocenters. The lowest BCUT2D eigenvalue weighted by molar-refractivity contribution is -0.142. The number of carbonyl (C=O) groups excluding carboxylic acids is 1. The van der Waals surface area contributed by atoms with Crippen LogP contribution in [0.3, 0.4) is 0 Å². The van der Waals surface area contributed by atoms with Crippen molar-refractivity contribution in [1.82, 2.24) is 0 Å². The van der Waals surface area contributed by atoms with Gasteiger partial charge < -0.3 is 20.3 Å². The first-order valence-corrected chi connectivity index (χ1v) is 6.52. The van der Waals surface area contributed by atoms with E-state index in [4.69, 9.17) is 4.74 Å². The van der Waals surface area contributed by atoms with E-state index in [0.717, 1.165) is 0 Å². The van der Waals surface area contributed by atoms with Gasteiger partial charge in [0.15, 0.2) is 11.7 Å². The van der Waals surface area contributed by atoms with E-state index in [1.54, 1.807) is 30.3 Å². The van der Waals surface area contributed by atoms with Crippen molar-refractivity contribution in [3.05, 3.63) is 59.7 Å². The number of aromatic hydroxyl groups is 1. The van der Waals surface area contributed by atoms with Gasteiger partial charge in [-0.1, -0.05) is 30.3 Å². The fourth-order valence-corrected chi connectivity index (χ4v) is 2.76. The van der Waals surface area contributed by atoms with Gasteiger partial charge in [-0.15, -0.1) is 0 Å². The summed E-state index contributed by atoms with van der Waals surface area (Å²) in [6.07, 6.45) is -1.10. The molecule has 0 fully saturated rings. The summed E-state index contributed by atoms with van der Waals surface area (Å²) in [4.78, 5) is 12.2. The molecule has 1 aliphatic heterocycles. The number of anilines is 1. The van der Waals surface area contributed by atoms with Gasteiger partial charge in [-0.25, -0.2) is 0 Å². The largest absolute Gasteiger partial charge is 0.508 e. The highest BCUT2D eigenvalue weighted by Gasteiger charge is 2.49. The molecule has 2 aromatic carbocycles. The first kappa shape index (κ1) is 13.6. The predicted molar refractivity (Wildman–Crippen MR) is 77.0 cm³/mol. The first-order valence-electron chi connectivity index (χ1n) is 6.52. The highest BCUT2D eigenvalue weighted by Crippen LogP contribution is 2.43. The van der Waals surface area contributed by atoms with E-state index in [-0.39, 0.29) is 5.75 Å². The number of hydrogen-bond donors (Lipinski definition) is 3. The summed E-state index contributed by atoms with van der Waals surface area (Å²) in [7, 11) is 1.37. The van der Waals surface area contributed by atoms with Crippen LogP contribution in [0, 0.1) is 0 Å². The molecule has 0 spiro atoms. The second-order valence-corrected chi connectivity index (χ2v) is 4.97. The fraction of sp³-hybridized carbons (Fsp3) is 0.188. The molecular weight excluding hydrogens is 270 g/mol. The molecule has 2 unspecified atom stereocenters. The van der Waals surface area contributed by atoms with Crippen LogP contribution in [0.15, 0.2) is 48.5 Å². The van der Waals surface area contributed by atoms with Crippen molar-refractivity contribution in [2.75, 3.05) is 12.4 Å². The van der Waals surface area contributed by atoms with Crippen molar-refractivity contribution in [3.8, 4) is 5.75 Å². The summed E-state index contributed by atoms with van der Waals surface area (Å²) >= 11 is 0. The number of amides is 1. The third-order valence-corrected chi connectivity index (χ3v) is 3.74. The minimum Gasteiger partial charge on any atom is -0.508 e. The smallest absolute Gasteiger partial charge is 0.257 e. The van der Waals surface area contributed by atoms with E-state index >= 15 is 0 Å². The van der Waals surface area contributed by atoms with E-state index in [1.165, 1.54) is 19.2 Å². The zero-order valence-electron chi connectivity index (χ0n) is 11.4. The molecule has 5 heteroatoms. The summed E-state index contributed by atoms with van der Waals surface area (Å²) in [6, 6.07) is 13.3. The van der Waals surface area contributed by atoms with Gasteiger partial charge in [0.2, 0.25) is 0 Å². The highest BCUT2D eigenvalue weighted by molar-refractivity contribution is 5.99. The summed E-state index contributed by atoms with van der Waals surface area (Å²) in [6.45, 7) is 0. The number of phenols is 1. The number of hydrogen-bond acceptors (Lipinski definition) is 4. The Kier molecular flexibility index (Phi) is 3.16. The Morgan fingerprint density at radius 1 is 1.19 bits per heavy atom. The lowest BCUT2D eigenvalue weighted by Gasteiger charge is -2.40. The highest BCUT2D eigenvalue weighted by atomic mass is 16.5. The molecule has 0 aromatic heterocycles. The van der Waals surface area contributed by atoms with Crippen LogP contribution in [-0.2, 0) is 15.1 Å². The molecular formula is C16H15NO4. The molecule has 0 saturated heterocycles. The molecule has 108 valence electrons. The maximum atomic E-state index is 12.2. The average Bonchev–Trinajstić information content (AvgIpc) is 2.49. The standard InChI is InChI=1S/C16H15NO4/c1-21-14-15(19)17-13-8-7-11(18)9-12(13)16(14,20)10-5-3-2-4-6-10/h2-9,14,18,20H,1H3,(H,17,19). The van der Waals surface area contributed by atoms with Gasteiger partial charge in [0, 0.05) is 18.4 Å². The molecule has 2 aromatic rings. The third kappa shape index (κ3) is 1.98. The summed E-state index contributed by atoms with van der Waals surface area (Å²) in [5, 5.41) is 23.7.